The quantitative estimate of drug-likeness (QED) is 0.888. The third-order valence-electron chi connectivity index (χ3n) is 3.75. The molecule has 0 spiro atoms. The second-order valence-corrected chi connectivity index (χ2v) is 7.25. The standard InChI is InChI=1S/C15H21N3O2S/c1-4-11(5-2)9-16-15-13-8-12(21(3,19)20)6-7-14(13)17-10-18-15/h6-8,10-11H,4-5,9H2,1-3H3,(H,16,17,18). The molecule has 0 fully saturated rings. The minimum atomic E-state index is -3.23. The van der Waals surface area contributed by atoms with Crippen LogP contribution in [0.5, 0.6) is 0 Å². The van der Waals surface area contributed by atoms with E-state index < -0.39 is 9.84 Å². The summed E-state index contributed by atoms with van der Waals surface area (Å²) in [6.45, 7) is 5.15. The number of anilines is 1. The van der Waals surface area contributed by atoms with Gasteiger partial charge >= 0.3 is 0 Å². The maximum Gasteiger partial charge on any atom is 0.175 e. The molecule has 0 atom stereocenters. The van der Waals surface area contributed by atoms with Crippen LogP contribution in [0.25, 0.3) is 10.9 Å². The molecule has 1 aromatic carbocycles. The first kappa shape index (κ1) is 15.7. The van der Waals surface area contributed by atoms with Crippen molar-refractivity contribution < 1.29 is 8.42 Å². The molecular formula is C15H21N3O2S. The number of fused-ring (bicyclic) bond motifs is 1. The lowest BCUT2D eigenvalue weighted by molar-refractivity contribution is 0.518. The highest BCUT2D eigenvalue weighted by atomic mass is 32.2. The molecule has 6 heteroatoms. The van der Waals surface area contributed by atoms with Gasteiger partial charge in [-0.3, -0.25) is 0 Å². The number of nitrogens with zero attached hydrogens (tertiary/aromatic N) is 2. The van der Waals surface area contributed by atoms with Gasteiger partial charge in [0.2, 0.25) is 0 Å². The summed E-state index contributed by atoms with van der Waals surface area (Å²) in [4.78, 5) is 8.73. The highest BCUT2D eigenvalue weighted by molar-refractivity contribution is 7.90. The topological polar surface area (TPSA) is 72.0 Å². The van der Waals surface area contributed by atoms with Crippen LogP contribution in [0.15, 0.2) is 29.4 Å². The van der Waals surface area contributed by atoms with E-state index in [2.05, 4.69) is 29.1 Å². The van der Waals surface area contributed by atoms with Gasteiger partial charge in [0.15, 0.2) is 9.84 Å². The predicted octanol–water partition coefficient (Wildman–Crippen LogP) is 2.88. The molecule has 0 amide bonds. The van der Waals surface area contributed by atoms with Gasteiger partial charge in [0.1, 0.15) is 12.1 Å². The lowest BCUT2D eigenvalue weighted by Crippen LogP contribution is -2.14. The lowest BCUT2D eigenvalue weighted by Gasteiger charge is -2.15. The fraction of sp³-hybridized carbons (Fsp3) is 0.467. The van der Waals surface area contributed by atoms with Gasteiger partial charge in [-0.25, -0.2) is 18.4 Å². The number of hydrogen-bond acceptors (Lipinski definition) is 5. The average molecular weight is 307 g/mol. The molecule has 2 aromatic rings. The van der Waals surface area contributed by atoms with Crippen molar-refractivity contribution in [2.24, 2.45) is 5.92 Å². The zero-order valence-electron chi connectivity index (χ0n) is 12.6. The Morgan fingerprint density at radius 1 is 1.19 bits per heavy atom. The van der Waals surface area contributed by atoms with Crippen LogP contribution >= 0.6 is 0 Å². The molecule has 1 N–H and O–H groups in total. The van der Waals surface area contributed by atoms with E-state index in [1.165, 1.54) is 12.6 Å². The Morgan fingerprint density at radius 2 is 1.90 bits per heavy atom. The summed E-state index contributed by atoms with van der Waals surface area (Å²) in [7, 11) is -3.23. The first-order valence-electron chi connectivity index (χ1n) is 7.14. The second kappa shape index (κ2) is 6.39. The van der Waals surface area contributed by atoms with Crippen LogP contribution in [0.2, 0.25) is 0 Å². The fourth-order valence-corrected chi connectivity index (χ4v) is 2.87. The number of hydrogen-bond donors (Lipinski definition) is 1. The maximum atomic E-state index is 11.7. The molecule has 1 aromatic heterocycles. The van der Waals surface area contributed by atoms with Crippen LogP contribution in [0.1, 0.15) is 26.7 Å². The van der Waals surface area contributed by atoms with Crippen LogP contribution in [0.4, 0.5) is 5.82 Å². The third-order valence-corrected chi connectivity index (χ3v) is 4.86. The highest BCUT2D eigenvalue weighted by Crippen LogP contribution is 2.23. The summed E-state index contributed by atoms with van der Waals surface area (Å²) in [5.74, 6) is 1.27. The summed E-state index contributed by atoms with van der Waals surface area (Å²) >= 11 is 0. The van der Waals surface area contributed by atoms with Crippen LogP contribution in [-0.2, 0) is 9.84 Å². The normalized spacial score (nSPS) is 12.0. The number of nitrogens with one attached hydrogen (secondary N) is 1. The van der Waals surface area contributed by atoms with E-state index in [1.807, 2.05) is 0 Å². The van der Waals surface area contributed by atoms with Gasteiger partial charge < -0.3 is 5.32 Å². The van der Waals surface area contributed by atoms with Crippen LogP contribution < -0.4 is 5.32 Å². The summed E-state index contributed by atoms with van der Waals surface area (Å²) in [6.07, 6.45) is 4.90. The molecule has 0 saturated carbocycles. The van der Waals surface area contributed by atoms with Crippen LogP contribution in [-0.4, -0.2) is 31.2 Å². The number of benzene rings is 1. The Hall–Kier alpha value is -1.69. The van der Waals surface area contributed by atoms with Crippen LogP contribution in [0.3, 0.4) is 0 Å². The van der Waals surface area contributed by atoms with Crippen molar-refractivity contribution in [1.29, 1.82) is 0 Å². The minimum Gasteiger partial charge on any atom is -0.369 e. The number of sulfone groups is 1. The molecule has 0 aliphatic heterocycles. The second-order valence-electron chi connectivity index (χ2n) is 5.24. The van der Waals surface area contributed by atoms with E-state index in [-0.39, 0.29) is 4.90 Å². The van der Waals surface area contributed by atoms with Gasteiger partial charge in [0.25, 0.3) is 0 Å². The summed E-state index contributed by atoms with van der Waals surface area (Å²) in [6, 6.07) is 4.94. The van der Waals surface area contributed by atoms with E-state index in [0.29, 0.717) is 11.7 Å². The number of rotatable bonds is 6. The molecule has 0 aliphatic carbocycles. The highest BCUT2D eigenvalue weighted by Gasteiger charge is 2.11. The molecule has 0 aliphatic rings. The van der Waals surface area contributed by atoms with Crippen molar-refractivity contribution in [3.8, 4) is 0 Å². The Bertz CT molecular complexity index is 725. The molecule has 5 nitrogen and oxygen atoms in total. The Labute approximate surface area is 125 Å². The van der Waals surface area contributed by atoms with Gasteiger partial charge in [-0.05, 0) is 24.1 Å². The van der Waals surface area contributed by atoms with Crippen LogP contribution in [0, 0.1) is 5.92 Å². The molecule has 114 valence electrons. The predicted molar refractivity (Wildman–Crippen MR) is 85.2 cm³/mol. The monoisotopic (exact) mass is 307 g/mol. The van der Waals surface area contributed by atoms with E-state index in [4.69, 9.17) is 0 Å². The maximum absolute atomic E-state index is 11.7. The fourth-order valence-electron chi connectivity index (χ4n) is 2.23. The molecule has 0 bridgehead atoms. The zero-order valence-corrected chi connectivity index (χ0v) is 13.4. The Kier molecular flexibility index (Phi) is 4.77. The summed E-state index contributed by atoms with van der Waals surface area (Å²) in [5, 5.41) is 4.06. The number of aromatic nitrogens is 2. The molecule has 0 saturated heterocycles. The Morgan fingerprint density at radius 3 is 2.52 bits per heavy atom. The van der Waals surface area contributed by atoms with E-state index >= 15 is 0 Å². The molecule has 1 heterocycles. The Balaban J connectivity index is 2.39. The van der Waals surface area contributed by atoms with Crippen molar-refractivity contribution in [3.63, 3.8) is 0 Å². The average Bonchev–Trinajstić information content (AvgIpc) is 2.47. The van der Waals surface area contributed by atoms with Crippen molar-refractivity contribution in [3.05, 3.63) is 24.5 Å². The third kappa shape index (κ3) is 3.69. The molecular weight excluding hydrogens is 286 g/mol. The molecule has 2 rings (SSSR count). The summed E-state index contributed by atoms with van der Waals surface area (Å²) in [5.41, 5.74) is 0.740. The van der Waals surface area contributed by atoms with Gasteiger partial charge in [-0.1, -0.05) is 26.7 Å². The van der Waals surface area contributed by atoms with E-state index in [1.54, 1.807) is 18.2 Å². The SMILES string of the molecule is CCC(CC)CNc1ncnc2ccc(S(C)(=O)=O)cc12. The van der Waals surface area contributed by atoms with Crippen molar-refractivity contribution in [1.82, 2.24) is 9.97 Å². The van der Waals surface area contributed by atoms with Gasteiger partial charge in [-0.2, -0.15) is 0 Å². The summed E-state index contributed by atoms with van der Waals surface area (Å²) < 4.78 is 23.4. The van der Waals surface area contributed by atoms with Crippen molar-refractivity contribution >= 4 is 26.6 Å². The minimum absolute atomic E-state index is 0.287. The van der Waals surface area contributed by atoms with Gasteiger partial charge in [0, 0.05) is 18.2 Å². The molecule has 0 unspecified atom stereocenters. The molecule has 0 radical (unpaired) electrons. The zero-order chi connectivity index (χ0) is 15.5. The van der Waals surface area contributed by atoms with Gasteiger partial charge in [-0.15, -0.1) is 0 Å². The van der Waals surface area contributed by atoms with Crippen molar-refractivity contribution in [2.75, 3.05) is 18.1 Å². The van der Waals surface area contributed by atoms with E-state index in [9.17, 15) is 8.42 Å². The van der Waals surface area contributed by atoms with Crippen molar-refractivity contribution in [2.45, 2.75) is 31.6 Å². The first-order chi connectivity index (χ1) is 9.95. The lowest BCUT2D eigenvalue weighted by atomic mass is 10.0. The molecule has 21 heavy (non-hydrogen) atoms. The van der Waals surface area contributed by atoms with Gasteiger partial charge in [0.05, 0.1) is 10.4 Å². The smallest absolute Gasteiger partial charge is 0.175 e. The first-order valence-corrected chi connectivity index (χ1v) is 9.03. The largest absolute Gasteiger partial charge is 0.369 e. The van der Waals surface area contributed by atoms with E-state index in [0.717, 1.165) is 30.3 Å².